The van der Waals surface area contributed by atoms with Gasteiger partial charge in [-0.05, 0) is 61.6 Å². The molecule has 5 bridgehead atoms. The molecule has 0 radical (unpaired) electrons. The third-order valence-electron chi connectivity index (χ3n) is 11.8. The minimum atomic E-state index is -1.71. The first-order chi connectivity index (χ1) is 17.3. The molecule has 37 heavy (non-hydrogen) atoms. The van der Waals surface area contributed by atoms with E-state index in [1.165, 1.54) is 0 Å². The average molecular weight is 508 g/mol. The van der Waals surface area contributed by atoms with Gasteiger partial charge in [0.2, 0.25) is 5.60 Å². The van der Waals surface area contributed by atoms with Crippen LogP contribution < -0.4 is 10.1 Å². The largest absolute Gasteiger partial charge is 0.490 e. The summed E-state index contributed by atoms with van der Waals surface area (Å²) in [6, 6.07) is 7.85. The maximum atomic E-state index is 14.6. The second-order valence-corrected chi connectivity index (χ2v) is 14.3. The second kappa shape index (κ2) is 6.43. The summed E-state index contributed by atoms with van der Waals surface area (Å²) in [4.78, 5) is 28.2. The molecule has 7 nitrogen and oxygen atoms in total. The van der Waals surface area contributed by atoms with Crippen molar-refractivity contribution in [1.82, 2.24) is 5.32 Å². The van der Waals surface area contributed by atoms with Crippen LogP contribution in [0.1, 0.15) is 59.4 Å². The summed E-state index contributed by atoms with van der Waals surface area (Å²) >= 11 is 0. The molecule has 9 rings (SSSR count). The van der Waals surface area contributed by atoms with Gasteiger partial charge in [-0.2, -0.15) is 0 Å². The number of fused-ring (bicyclic) bond motifs is 7. The molecular formula is C30H37NO6. The maximum Gasteiger partial charge on any atom is 0.262 e. The smallest absolute Gasteiger partial charge is 0.262 e. The molecule has 198 valence electrons. The first-order valence-corrected chi connectivity index (χ1v) is 14.1. The number of nitrogens with one attached hydrogen (secondary N) is 1. The Hall–Kier alpha value is -1.96. The first-order valence-electron chi connectivity index (χ1n) is 14.1. The lowest BCUT2D eigenvalue weighted by Gasteiger charge is -2.50. The second-order valence-electron chi connectivity index (χ2n) is 14.3. The van der Waals surface area contributed by atoms with Crippen LogP contribution in [0, 0.1) is 40.9 Å². The zero-order chi connectivity index (χ0) is 25.9. The van der Waals surface area contributed by atoms with Crippen molar-refractivity contribution in [3.63, 3.8) is 0 Å². The lowest BCUT2D eigenvalue weighted by atomic mass is 9.52. The van der Waals surface area contributed by atoms with Gasteiger partial charge in [0.1, 0.15) is 29.3 Å². The van der Waals surface area contributed by atoms with Gasteiger partial charge >= 0.3 is 0 Å². The van der Waals surface area contributed by atoms with Gasteiger partial charge in [0.25, 0.3) is 5.91 Å². The number of rotatable bonds is 0. The highest BCUT2D eigenvalue weighted by Gasteiger charge is 2.87. The molecule has 2 N–H and O–H groups in total. The third kappa shape index (κ3) is 2.51. The highest BCUT2D eigenvalue weighted by Crippen LogP contribution is 2.76. The van der Waals surface area contributed by atoms with E-state index in [1.807, 2.05) is 31.2 Å². The minimum absolute atomic E-state index is 0.0665. The van der Waals surface area contributed by atoms with E-state index in [9.17, 15) is 14.7 Å². The van der Waals surface area contributed by atoms with Crippen LogP contribution in [0.2, 0.25) is 0 Å². The molecule has 0 unspecified atom stereocenters. The predicted molar refractivity (Wildman–Crippen MR) is 132 cm³/mol. The molecule has 1 aromatic rings. The van der Waals surface area contributed by atoms with Crippen LogP contribution in [0.3, 0.4) is 0 Å². The fraction of sp³-hybridized carbons (Fsp3) is 0.733. The topological polar surface area (TPSA) is 97.4 Å². The molecule has 3 aliphatic carbocycles. The van der Waals surface area contributed by atoms with Gasteiger partial charge < -0.3 is 24.6 Å². The SMILES string of the molecule is C[C@@H]1C[C@H](C)[C@H]2[C@H]3Oc4ccc(cc4)C[C@@]4(O)C[C@]5(O[C@@]6(C)[C@@H]7O[C@]7(C)[C@H]([C@H]3[C@H]6C5=O)[C@]2(C)C1)C(=O)N4. The molecule has 3 saturated carbocycles. The van der Waals surface area contributed by atoms with Gasteiger partial charge in [0, 0.05) is 30.6 Å². The molecule has 0 aromatic heterocycles. The van der Waals surface area contributed by atoms with E-state index in [-0.39, 0.29) is 54.0 Å². The Morgan fingerprint density at radius 1 is 1.05 bits per heavy atom. The molecule has 1 spiro atoms. The first kappa shape index (κ1) is 23.0. The van der Waals surface area contributed by atoms with E-state index in [4.69, 9.17) is 14.2 Å². The Kier molecular flexibility index (Phi) is 3.99. The van der Waals surface area contributed by atoms with Gasteiger partial charge in [0.15, 0.2) is 5.78 Å². The molecule has 1 aromatic carbocycles. The number of aliphatic hydroxyl groups is 1. The zero-order valence-corrected chi connectivity index (χ0v) is 22.2. The van der Waals surface area contributed by atoms with Crippen LogP contribution in [-0.2, 0) is 25.5 Å². The Morgan fingerprint density at radius 3 is 2.51 bits per heavy atom. The maximum absolute atomic E-state index is 14.6. The highest BCUT2D eigenvalue weighted by atomic mass is 16.7. The molecule has 6 fully saturated rings. The molecule has 5 heterocycles. The van der Waals surface area contributed by atoms with E-state index in [1.54, 1.807) is 0 Å². The van der Waals surface area contributed by atoms with Crippen molar-refractivity contribution in [1.29, 1.82) is 0 Å². The summed E-state index contributed by atoms with van der Waals surface area (Å²) in [5.41, 5.74) is -3.87. The summed E-state index contributed by atoms with van der Waals surface area (Å²) in [7, 11) is 0. The summed E-state index contributed by atoms with van der Waals surface area (Å²) < 4.78 is 20.3. The number of amides is 1. The van der Waals surface area contributed by atoms with E-state index in [0.29, 0.717) is 11.8 Å². The summed E-state index contributed by atoms with van der Waals surface area (Å²) in [5.74, 6) is 0.745. The molecule has 8 aliphatic rings. The number of ketones is 1. The van der Waals surface area contributed by atoms with Crippen molar-refractivity contribution in [2.45, 2.75) is 95.0 Å². The van der Waals surface area contributed by atoms with Crippen molar-refractivity contribution in [2.75, 3.05) is 0 Å². The van der Waals surface area contributed by atoms with Crippen molar-refractivity contribution >= 4 is 11.7 Å². The Morgan fingerprint density at radius 2 is 1.78 bits per heavy atom. The molecule has 3 saturated heterocycles. The minimum Gasteiger partial charge on any atom is -0.490 e. The molecular weight excluding hydrogens is 470 g/mol. The van der Waals surface area contributed by atoms with Gasteiger partial charge in [-0.15, -0.1) is 0 Å². The van der Waals surface area contributed by atoms with Crippen molar-refractivity contribution < 1.29 is 28.9 Å². The van der Waals surface area contributed by atoms with Crippen LogP contribution >= 0.6 is 0 Å². The lowest BCUT2D eigenvalue weighted by molar-refractivity contribution is -0.160. The molecule has 1 amide bonds. The number of benzene rings is 1. The van der Waals surface area contributed by atoms with E-state index in [0.717, 1.165) is 24.2 Å². The van der Waals surface area contributed by atoms with Gasteiger partial charge in [-0.25, -0.2) is 0 Å². The van der Waals surface area contributed by atoms with Crippen LogP contribution in [-0.4, -0.2) is 51.5 Å². The predicted octanol–water partition coefficient (Wildman–Crippen LogP) is 3.02. The molecule has 7 heteroatoms. The number of Topliss-reactive ketones (excluding diaryl/α,β-unsaturated/α-hetero) is 1. The normalized spacial score (nSPS) is 58.4. The van der Waals surface area contributed by atoms with Gasteiger partial charge in [-0.1, -0.05) is 32.9 Å². The monoisotopic (exact) mass is 507 g/mol. The summed E-state index contributed by atoms with van der Waals surface area (Å²) in [6.07, 6.45) is 1.84. The van der Waals surface area contributed by atoms with Gasteiger partial charge in [-0.3, -0.25) is 9.59 Å². The fourth-order valence-corrected chi connectivity index (χ4v) is 11.2. The number of carbonyl (C=O) groups excluding carboxylic acids is 2. The molecule has 13 atom stereocenters. The molecule has 5 aliphatic heterocycles. The van der Waals surface area contributed by atoms with Crippen molar-refractivity contribution in [3.8, 4) is 5.75 Å². The third-order valence-corrected chi connectivity index (χ3v) is 11.8. The number of hydrogen-bond acceptors (Lipinski definition) is 6. The van der Waals surface area contributed by atoms with Gasteiger partial charge in [0.05, 0.1) is 11.5 Å². The van der Waals surface area contributed by atoms with E-state index in [2.05, 4.69) is 33.0 Å². The van der Waals surface area contributed by atoms with Crippen LogP contribution in [0.4, 0.5) is 0 Å². The van der Waals surface area contributed by atoms with Crippen LogP contribution in [0.15, 0.2) is 24.3 Å². The highest BCUT2D eigenvalue weighted by molar-refractivity contribution is 6.14. The Balaban J connectivity index is 1.38. The average Bonchev–Trinajstić information content (AvgIpc) is 3.25. The fourth-order valence-electron chi connectivity index (χ4n) is 11.2. The standard InChI is InChI=1S/C30H37NO6/c1-14-10-15(2)19-21-18-20-23(32)30(37-27(20,4)24-28(5,36-24)22(18)26(19,3)11-14)13-29(34,31-25(30)33)12-16-6-8-17(35-21)9-7-16/h6-9,14-15,18-22,24,34H,10-13H2,1-5H3,(H,31,33)/t14-,15+,18+,19+,20+,21+,22-,24+,26-,27-,28-,29-,30-/m1/s1. The van der Waals surface area contributed by atoms with Crippen molar-refractivity contribution in [2.24, 2.45) is 40.9 Å². The van der Waals surface area contributed by atoms with Crippen LogP contribution in [0.5, 0.6) is 5.75 Å². The number of hydrogen-bond donors (Lipinski definition) is 2. The summed E-state index contributed by atoms with van der Waals surface area (Å²) in [6.45, 7) is 11.2. The lowest BCUT2D eigenvalue weighted by Crippen LogP contribution is -2.58. The van der Waals surface area contributed by atoms with Crippen LogP contribution in [0.25, 0.3) is 0 Å². The quantitative estimate of drug-likeness (QED) is 0.414. The number of epoxide rings is 1. The Bertz CT molecular complexity index is 1250. The number of ether oxygens (including phenoxy) is 3. The summed E-state index contributed by atoms with van der Waals surface area (Å²) in [5, 5.41) is 14.3. The zero-order valence-electron chi connectivity index (χ0n) is 22.2. The van der Waals surface area contributed by atoms with E-state index >= 15 is 0 Å². The number of carbonyl (C=O) groups is 2. The van der Waals surface area contributed by atoms with E-state index < -0.39 is 34.4 Å². The Labute approximate surface area is 217 Å². The van der Waals surface area contributed by atoms with Crippen molar-refractivity contribution in [3.05, 3.63) is 29.8 Å².